The third-order valence-corrected chi connectivity index (χ3v) is 6.64. The van der Waals surface area contributed by atoms with E-state index in [1.165, 1.54) is 32.1 Å². The highest BCUT2D eigenvalue weighted by atomic mass is 79.9. The molecule has 1 saturated heterocycles. The summed E-state index contributed by atoms with van der Waals surface area (Å²) in [4.78, 5) is 15.9. The molecule has 0 aromatic carbocycles. The van der Waals surface area contributed by atoms with E-state index in [2.05, 4.69) is 26.1 Å². The molecule has 1 aliphatic heterocycles. The predicted molar refractivity (Wildman–Crippen MR) is 102 cm³/mol. The zero-order valence-corrected chi connectivity index (χ0v) is 16.3. The van der Waals surface area contributed by atoms with E-state index in [1.54, 1.807) is 17.4 Å². The molecule has 24 heavy (non-hydrogen) atoms. The van der Waals surface area contributed by atoms with Crippen molar-refractivity contribution in [3.63, 3.8) is 0 Å². The fourth-order valence-electron chi connectivity index (χ4n) is 3.74. The molecular weight excluding hydrogens is 388 g/mol. The molecule has 2 aliphatic rings. The first-order chi connectivity index (χ1) is 11.7. The number of nitrogens with one attached hydrogen (secondary N) is 1. The molecule has 1 saturated carbocycles. The van der Waals surface area contributed by atoms with Gasteiger partial charge >= 0.3 is 0 Å². The van der Waals surface area contributed by atoms with Gasteiger partial charge in [0.15, 0.2) is 0 Å². The summed E-state index contributed by atoms with van der Waals surface area (Å²) in [7, 11) is 0. The first-order valence-electron chi connectivity index (χ1n) is 8.72. The first kappa shape index (κ1) is 18.1. The molecule has 1 aromatic rings. The predicted octanol–water partition coefficient (Wildman–Crippen LogP) is 3.68. The highest BCUT2D eigenvalue weighted by Crippen LogP contribution is 2.33. The highest BCUT2D eigenvalue weighted by Gasteiger charge is 2.38. The quantitative estimate of drug-likeness (QED) is 0.749. The lowest BCUT2D eigenvalue weighted by Crippen LogP contribution is -2.59. The molecule has 1 aromatic heterocycles. The van der Waals surface area contributed by atoms with E-state index >= 15 is 0 Å². The summed E-state index contributed by atoms with van der Waals surface area (Å²) in [5.74, 6) is -0.00210. The second kappa shape index (κ2) is 8.61. The van der Waals surface area contributed by atoms with Crippen LogP contribution in [-0.4, -0.2) is 49.2 Å². The highest BCUT2D eigenvalue weighted by molar-refractivity contribution is 9.11. The Morgan fingerprint density at radius 1 is 1.29 bits per heavy atom. The summed E-state index contributed by atoms with van der Waals surface area (Å²) in [5, 5.41) is 3.15. The second-order valence-corrected chi connectivity index (χ2v) is 9.07. The third-order valence-electron chi connectivity index (χ3n) is 5.05. The average Bonchev–Trinajstić information content (AvgIpc) is 3.05. The number of rotatable bonds is 5. The zero-order valence-electron chi connectivity index (χ0n) is 13.9. The van der Waals surface area contributed by atoms with Crippen LogP contribution in [0.15, 0.2) is 22.0 Å². The number of hydrogen-bond donors (Lipinski definition) is 1. The minimum atomic E-state index is -0.00210. The topological polar surface area (TPSA) is 41.6 Å². The molecule has 2 heterocycles. The van der Waals surface area contributed by atoms with Gasteiger partial charge in [-0.3, -0.25) is 9.69 Å². The van der Waals surface area contributed by atoms with Crippen LogP contribution < -0.4 is 5.32 Å². The Labute approximate surface area is 156 Å². The van der Waals surface area contributed by atoms with Crippen LogP contribution in [0.4, 0.5) is 0 Å². The molecular formula is C18H25BrN2O2S. The van der Waals surface area contributed by atoms with Crippen molar-refractivity contribution in [2.24, 2.45) is 0 Å². The maximum absolute atomic E-state index is 12.2. The molecule has 4 nitrogen and oxygen atoms in total. The van der Waals surface area contributed by atoms with Crippen molar-refractivity contribution in [1.29, 1.82) is 0 Å². The van der Waals surface area contributed by atoms with Crippen LogP contribution in [0.3, 0.4) is 0 Å². The Morgan fingerprint density at radius 3 is 2.71 bits per heavy atom. The fourth-order valence-corrected chi connectivity index (χ4v) is 5.06. The normalized spacial score (nSPS) is 21.9. The van der Waals surface area contributed by atoms with E-state index in [9.17, 15) is 4.79 Å². The molecule has 1 aliphatic carbocycles. The Balaban J connectivity index is 1.58. The number of halogens is 1. The largest absolute Gasteiger partial charge is 0.379 e. The van der Waals surface area contributed by atoms with Crippen LogP contribution in [0.25, 0.3) is 6.08 Å². The fraction of sp³-hybridized carbons (Fsp3) is 0.611. The van der Waals surface area contributed by atoms with Crippen molar-refractivity contribution in [3.05, 3.63) is 26.9 Å². The number of thiophene rings is 1. The summed E-state index contributed by atoms with van der Waals surface area (Å²) in [6.45, 7) is 4.32. The first-order valence-corrected chi connectivity index (χ1v) is 10.3. The number of morpholine rings is 1. The van der Waals surface area contributed by atoms with Crippen LogP contribution >= 0.6 is 27.3 Å². The van der Waals surface area contributed by atoms with Crippen molar-refractivity contribution < 1.29 is 9.53 Å². The van der Waals surface area contributed by atoms with E-state index in [0.29, 0.717) is 0 Å². The Bertz CT molecular complexity index is 575. The molecule has 1 N–H and O–H groups in total. The molecule has 3 rings (SSSR count). The van der Waals surface area contributed by atoms with Crippen molar-refractivity contribution in [3.8, 4) is 0 Å². The van der Waals surface area contributed by atoms with E-state index in [4.69, 9.17) is 4.74 Å². The van der Waals surface area contributed by atoms with Crippen LogP contribution in [0, 0.1) is 0 Å². The zero-order chi connectivity index (χ0) is 16.8. The lowest BCUT2D eigenvalue weighted by atomic mass is 9.79. The van der Waals surface area contributed by atoms with Crippen molar-refractivity contribution in [2.45, 2.75) is 37.6 Å². The number of carbonyl (C=O) groups excluding carboxylic acids is 1. The van der Waals surface area contributed by atoms with E-state index in [1.807, 2.05) is 18.2 Å². The average molecular weight is 413 g/mol. The molecule has 6 heteroatoms. The van der Waals surface area contributed by atoms with Gasteiger partial charge in [-0.1, -0.05) is 19.3 Å². The molecule has 132 valence electrons. The Kier molecular flexibility index (Phi) is 6.49. The Morgan fingerprint density at radius 2 is 2.04 bits per heavy atom. The number of hydrogen-bond acceptors (Lipinski definition) is 4. The molecule has 1 amide bonds. The van der Waals surface area contributed by atoms with Gasteiger partial charge in [-0.05, 0) is 47.0 Å². The molecule has 2 fully saturated rings. The van der Waals surface area contributed by atoms with Crippen LogP contribution in [-0.2, 0) is 9.53 Å². The second-order valence-electron chi connectivity index (χ2n) is 6.58. The summed E-state index contributed by atoms with van der Waals surface area (Å²) in [6.07, 6.45) is 9.71. The van der Waals surface area contributed by atoms with E-state index < -0.39 is 0 Å². The minimum absolute atomic E-state index is 0.00210. The van der Waals surface area contributed by atoms with Gasteiger partial charge in [0.05, 0.1) is 17.0 Å². The summed E-state index contributed by atoms with van der Waals surface area (Å²) in [5.41, 5.74) is 0.123. The van der Waals surface area contributed by atoms with E-state index in [0.717, 1.165) is 41.5 Å². The van der Waals surface area contributed by atoms with Crippen molar-refractivity contribution in [2.75, 3.05) is 32.8 Å². The minimum Gasteiger partial charge on any atom is -0.379 e. The number of amides is 1. The van der Waals surface area contributed by atoms with Gasteiger partial charge < -0.3 is 10.1 Å². The van der Waals surface area contributed by atoms with E-state index in [-0.39, 0.29) is 11.4 Å². The molecule has 0 unspecified atom stereocenters. The lowest BCUT2D eigenvalue weighted by Gasteiger charge is -2.48. The van der Waals surface area contributed by atoms with Crippen molar-refractivity contribution >= 4 is 39.2 Å². The maximum Gasteiger partial charge on any atom is 0.244 e. The smallest absolute Gasteiger partial charge is 0.244 e. The lowest BCUT2D eigenvalue weighted by molar-refractivity contribution is -0.117. The van der Waals surface area contributed by atoms with Crippen LogP contribution in [0.5, 0.6) is 0 Å². The van der Waals surface area contributed by atoms with Crippen LogP contribution in [0.1, 0.15) is 37.0 Å². The molecule has 0 spiro atoms. The van der Waals surface area contributed by atoms with Gasteiger partial charge in [0.1, 0.15) is 0 Å². The van der Waals surface area contributed by atoms with Crippen molar-refractivity contribution in [1.82, 2.24) is 10.2 Å². The third kappa shape index (κ3) is 4.69. The molecule has 0 atom stereocenters. The van der Waals surface area contributed by atoms with Gasteiger partial charge in [-0.2, -0.15) is 0 Å². The standard InChI is InChI=1S/C18H25BrN2O2S/c19-16-6-4-15(24-16)5-7-17(22)20-14-18(8-2-1-3-9-18)21-10-12-23-13-11-21/h4-7H,1-3,8-14H2,(H,20,22)/b7-5+. The SMILES string of the molecule is O=C(/C=C/c1ccc(Br)s1)NCC1(N2CCOCC2)CCCCC1. The number of nitrogens with zero attached hydrogens (tertiary/aromatic N) is 1. The summed E-state index contributed by atoms with van der Waals surface area (Å²) in [6, 6.07) is 4.01. The monoisotopic (exact) mass is 412 g/mol. The van der Waals surface area contributed by atoms with Gasteiger partial charge in [0, 0.05) is 36.1 Å². The Hall–Kier alpha value is -0.690. The summed E-state index contributed by atoms with van der Waals surface area (Å²) >= 11 is 5.07. The summed E-state index contributed by atoms with van der Waals surface area (Å²) < 4.78 is 6.59. The van der Waals surface area contributed by atoms with Gasteiger partial charge in [-0.15, -0.1) is 11.3 Å². The molecule has 0 bridgehead atoms. The molecule has 0 radical (unpaired) electrons. The van der Waals surface area contributed by atoms with Crippen LogP contribution in [0.2, 0.25) is 0 Å². The van der Waals surface area contributed by atoms with Gasteiger partial charge in [-0.25, -0.2) is 0 Å². The number of carbonyl (C=O) groups is 1. The van der Waals surface area contributed by atoms with Gasteiger partial charge in [0.2, 0.25) is 5.91 Å². The number of ether oxygens (including phenoxy) is 1. The van der Waals surface area contributed by atoms with Gasteiger partial charge in [0.25, 0.3) is 0 Å². The maximum atomic E-state index is 12.2.